The second-order valence-electron chi connectivity index (χ2n) is 1.56. The van der Waals surface area contributed by atoms with Crippen LogP contribution in [0.5, 0.6) is 0 Å². The summed E-state index contributed by atoms with van der Waals surface area (Å²) in [5.74, 6) is 0.418. The molecule has 0 aromatic carbocycles. The minimum atomic E-state index is 0.292. The van der Waals surface area contributed by atoms with Crippen molar-refractivity contribution in [1.29, 1.82) is 5.26 Å². The van der Waals surface area contributed by atoms with Crippen LogP contribution in [-0.2, 0) is 0 Å². The van der Waals surface area contributed by atoms with Crippen molar-refractivity contribution in [3.63, 3.8) is 0 Å². The molecule has 0 bridgehead atoms. The molecule has 0 aliphatic rings. The Morgan fingerprint density at radius 1 is 1.90 bits per heavy atom. The SMILES string of the molecule is N#C/C=C(\N)c1ncn[nH]1. The number of rotatable bonds is 1. The van der Waals surface area contributed by atoms with Gasteiger partial charge < -0.3 is 5.73 Å². The zero-order valence-electron chi connectivity index (χ0n) is 5.07. The first-order valence-electron chi connectivity index (χ1n) is 2.55. The van der Waals surface area contributed by atoms with Crippen LogP contribution in [0.4, 0.5) is 0 Å². The van der Waals surface area contributed by atoms with Crippen LogP contribution in [0, 0.1) is 11.3 Å². The maximum Gasteiger partial charge on any atom is 0.172 e. The molecule has 0 amide bonds. The molecule has 0 spiro atoms. The number of allylic oxidation sites excluding steroid dienone is 1. The number of aromatic nitrogens is 3. The quantitative estimate of drug-likeness (QED) is 0.514. The molecule has 3 N–H and O–H groups in total. The summed E-state index contributed by atoms with van der Waals surface area (Å²) in [6.45, 7) is 0. The Bertz CT molecular complexity index is 265. The fourth-order valence-corrected chi connectivity index (χ4v) is 0.482. The highest BCUT2D eigenvalue weighted by Gasteiger charge is 1.95. The molecule has 0 saturated heterocycles. The van der Waals surface area contributed by atoms with Crippen LogP contribution in [0.25, 0.3) is 5.70 Å². The first kappa shape index (κ1) is 6.29. The molecule has 50 valence electrons. The predicted octanol–water partition coefficient (Wildman–Crippen LogP) is -0.372. The Hall–Kier alpha value is -1.83. The first-order valence-corrected chi connectivity index (χ1v) is 2.55. The van der Waals surface area contributed by atoms with Gasteiger partial charge in [0.25, 0.3) is 0 Å². The molecule has 0 unspecified atom stereocenters. The van der Waals surface area contributed by atoms with Crippen LogP contribution in [0.3, 0.4) is 0 Å². The van der Waals surface area contributed by atoms with Crippen molar-refractivity contribution in [2.24, 2.45) is 5.73 Å². The zero-order chi connectivity index (χ0) is 7.40. The third kappa shape index (κ3) is 1.11. The van der Waals surface area contributed by atoms with Crippen molar-refractivity contribution >= 4 is 5.70 Å². The molecule has 0 saturated carbocycles. The smallest absolute Gasteiger partial charge is 0.172 e. The predicted molar refractivity (Wildman–Crippen MR) is 34.2 cm³/mol. The van der Waals surface area contributed by atoms with Crippen molar-refractivity contribution in [1.82, 2.24) is 15.2 Å². The second-order valence-corrected chi connectivity index (χ2v) is 1.56. The molecular weight excluding hydrogens is 130 g/mol. The Labute approximate surface area is 57.2 Å². The van der Waals surface area contributed by atoms with Gasteiger partial charge in [0.2, 0.25) is 0 Å². The van der Waals surface area contributed by atoms with Crippen LogP contribution in [-0.4, -0.2) is 15.2 Å². The summed E-state index contributed by atoms with van der Waals surface area (Å²) in [6, 6.07) is 1.78. The highest BCUT2D eigenvalue weighted by Crippen LogP contribution is 1.96. The largest absolute Gasteiger partial charge is 0.395 e. The lowest BCUT2D eigenvalue weighted by Crippen LogP contribution is -1.97. The summed E-state index contributed by atoms with van der Waals surface area (Å²) in [4.78, 5) is 3.72. The maximum atomic E-state index is 8.17. The number of nitrogens with zero attached hydrogens (tertiary/aromatic N) is 3. The van der Waals surface area contributed by atoms with Crippen molar-refractivity contribution in [2.75, 3.05) is 0 Å². The van der Waals surface area contributed by atoms with E-state index >= 15 is 0 Å². The van der Waals surface area contributed by atoms with E-state index in [2.05, 4.69) is 15.2 Å². The molecule has 0 radical (unpaired) electrons. The van der Waals surface area contributed by atoms with Gasteiger partial charge in [-0.15, -0.1) is 0 Å². The molecule has 5 nitrogen and oxygen atoms in total. The minimum absolute atomic E-state index is 0.292. The summed E-state index contributed by atoms with van der Waals surface area (Å²) >= 11 is 0. The third-order valence-corrected chi connectivity index (χ3v) is 0.909. The van der Waals surface area contributed by atoms with Crippen molar-refractivity contribution < 1.29 is 0 Å². The van der Waals surface area contributed by atoms with Gasteiger partial charge in [0.1, 0.15) is 6.33 Å². The van der Waals surface area contributed by atoms with Crippen LogP contribution >= 0.6 is 0 Å². The van der Waals surface area contributed by atoms with Gasteiger partial charge >= 0.3 is 0 Å². The van der Waals surface area contributed by atoms with Gasteiger partial charge in [-0.1, -0.05) is 0 Å². The molecule has 10 heavy (non-hydrogen) atoms. The van der Waals surface area contributed by atoms with E-state index < -0.39 is 0 Å². The number of hydrogen-bond acceptors (Lipinski definition) is 4. The van der Waals surface area contributed by atoms with Gasteiger partial charge in [0.05, 0.1) is 11.8 Å². The third-order valence-electron chi connectivity index (χ3n) is 0.909. The number of nitrogens with one attached hydrogen (secondary N) is 1. The van der Waals surface area contributed by atoms with Crippen LogP contribution in [0.15, 0.2) is 12.4 Å². The van der Waals surface area contributed by atoms with Crippen molar-refractivity contribution in [2.45, 2.75) is 0 Å². The van der Waals surface area contributed by atoms with Gasteiger partial charge in [-0.05, 0) is 0 Å². The lowest BCUT2D eigenvalue weighted by molar-refractivity contribution is 1.07. The highest BCUT2D eigenvalue weighted by molar-refractivity contribution is 5.58. The molecule has 0 aliphatic carbocycles. The van der Waals surface area contributed by atoms with E-state index in [9.17, 15) is 0 Å². The number of hydrogen-bond donors (Lipinski definition) is 2. The molecule has 1 aromatic rings. The Kier molecular flexibility index (Phi) is 1.66. The molecule has 1 heterocycles. The van der Waals surface area contributed by atoms with Gasteiger partial charge in [-0.3, -0.25) is 5.10 Å². The summed E-state index contributed by atoms with van der Waals surface area (Å²) in [5.41, 5.74) is 5.65. The summed E-state index contributed by atoms with van der Waals surface area (Å²) < 4.78 is 0. The normalized spacial score (nSPS) is 10.9. The number of nitriles is 1. The van der Waals surface area contributed by atoms with Crippen LogP contribution in [0.2, 0.25) is 0 Å². The average molecular weight is 135 g/mol. The minimum Gasteiger partial charge on any atom is -0.395 e. The molecule has 0 fully saturated rings. The van der Waals surface area contributed by atoms with Gasteiger partial charge in [-0.25, -0.2) is 4.98 Å². The van der Waals surface area contributed by atoms with E-state index in [0.717, 1.165) is 0 Å². The fourth-order valence-electron chi connectivity index (χ4n) is 0.482. The van der Waals surface area contributed by atoms with E-state index in [1.807, 2.05) is 0 Å². The number of nitrogens with two attached hydrogens (primary N) is 1. The Morgan fingerprint density at radius 2 is 2.70 bits per heavy atom. The molecule has 5 heteroatoms. The maximum absolute atomic E-state index is 8.17. The van der Waals surface area contributed by atoms with Gasteiger partial charge in [-0.2, -0.15) is 10.4 Å². The molecule has 1 rings (SSSR count). The molecule has 0 aliphatic heterocycles. The Morgan fingerprint density at radius 3 is 3.20 bits per heavy atom. The van der Waals surface area contributed by atoms with Crippen molar-refractivity contribution in [3.8, 4) is 6.07 Å². The lowest BCUT2D eigenvalue weighted by Gasteiger charge is -1.88. The average Bonchev–Trinajstić information content (AvgIpc) is 2.38. The first-order chi connectivity index (χ1) is 4.84. The monoisotopic (exact) mass is 135 g/mol. The van der Waals surface area contributed by atoms with E-state index in [4.69, 9.17) is 11.0 Å². The topological polar surface area (TPSA) is 91.4 Å². The van der Waals surface area contributed by atoms with Crippen molar-refractivity contribution in [3.05, 3.63) is 18.2 Å². The van der Waals surface area contributed by atoms with E-state index in [1.54, 1.807) is 6.07 Å². The highest BCUT2D eigenvalue weighted by atomic mass is 15.2. The molecule has 1 aromatic heterocycles. The van der Waals surface area contributed by atoms with Gasteiger partial charge in [0, 0.05) is 6.08 Å². The second kappa shape index (κ2) is 2.64. The van der Waals surface area contributed by atoms with Crippen LogP contribution in [0.1, 0.15) is 5.82 Å². The molecule has 0 atom stereocenters. The van der Waals surface area contributed by atoms with E-state index in [-0.39, 0.29) is 0 Å². The number of H-pyrrole nitrogens is 1. The lowest BCUT2D eigenvalue weighted by atomic mass is 10.4. The Balaban J connectivity index is 2.90. The summed E-state index contributed by atoms with van der Waals surface area (Å²) in [5, 5.41) is 14.2. The van der Waals surface area contributed by atoms with Crippen LogP contribution < -0.4 is 5.73 Å². The van der Waals surface area contributed by atoms with E-state index in [0.29, 0.717) is 11.5 Å². The molecular formula is C5H5N5. The summed E-state index contributed by atoms with van der Waals surface area (Å²) in [7, 11) is 0. The summed E-state index contributed by atoms with van der Waals surface area (Å²) in [6.07, 6.45) is 2.52. The standard InChI is InChI=1S/C5H5N5/c6-2-1-4(7)5-8-3-9-10-5/h1,3H,7H2,(H,8,9,10)/b4-1-. The number of aromatic amines is 1. The van der Waals surface area contributed by atoms with E-state index in [1.165, 1.54) is 12.4 Å². The fraction of sp³-hybridized carbons (Fsp3) is 0. The zero-order valence-corrected chi connectivity index (χ0v) is 5.07. The van der Waals surface area contributed by atoms with Gasteiger partial charge in [0.15, 0.2) is 5.82 Å².